The molecule has 0 bridgehead atoms. The summed E-state index contributed by atoms with van der Waals surface area (Å²) in [6.07, 6.45) is 3.92. The fourth-order valence-corrected chi connectivity index (χ4v) is 2.60. The van der Waals surface area contributed by atoms with E-state index in [1.165, 1.54) is 32.4 Å². The van der Waals surface area contributed by atoms with Crippen molar-refractivity contribution >= 4 is 11.6 Å². The minimum Gasteiger partial charge on any atom is -0.302 e. The summed E-state index contributed by atoms with van der Waals surface area (Å²) in [5.74, 6) is 1.53. The Morgan fingerprint density at radius 1 is 1.50 bits per heavy atom. The van der Waals surface area contributed by atoms with Crippen LogP contribution < -0.4 is 0 Å². The molecule has 0 spiro atoms. The highest BCUT2D eigenvalue weighted by molar-refractivity contribution is 6.21. The summed E-state index contributed by atoms with van der Waals surface area (Å²) in [5, 5.41) is 0.373. The molecule has 0 aromatic rings. The Kier molecular flexibility index (Phi) is 5.25. The summed E-state index contributed by atoms with van der Waals surface area (Å²) in [5.41, 5.74) is 0. The van der Waals surface area contributed by atoms with E-state index < -0.39 is 0 Å². The largest absolute Gasteiger partial charge is 0.302 e. The Morgan fingerprint density at radius 2 is 2.21 bits per heavy atom. The van der Waals surface area contributed by atoms with Crippen molar-refractivity contribution in [2.45, 2.75) is 45.4 Å². The molecule has 0 amide bonds. The van der Waals surface area contributed by atoms with Gasteiger partial charge in [0.05, 0.1) is 0 Å². The van der Waals surface area contributed by atoms with Crippen LogP contribution in [0.4, 0.5) is 0 Å². The Morgan fingerprint density at radius 3 is 2.79 bits per heavy atom. The number of hydrogen-bond acceptors (Lipinski definition) is 1. The maximum absolute atomic E-state index is 6.28. The number of halogens is 1. The number of hydrogen-bond donors (Lipinski definition) is 0. The van der Waals surface area contributed by atoms with Crippen LogP contribution in [-0.4, -0.2) is 29.9 Å². The lowest BCUT2D eigenvalue weighted by Gasteiger charge is -2.35. The van der Waals surface area contributed by atoms with Crippen molar-refractivity contribution in [2.24, 2.45) is 11.8 Å². The van der Waals surface area contributed by atoms with Crippen LogP contribution in [0.15, 0.2) is 0 Å². The SMILES string of the molecule is CCCC(C)CN1CCC(C)C(Cl)C1. The minimum atomic E-state index is 0.373. The molecule has 1 saturated heterocycles. The zero-order chi connectivity index (χ0) is 10.6. The summed E-state index contributed by atoms with van der Waals surface area (Å²) in [4.78, 5) is 2.54. The van der Waals surface area contributed by atoms with Crippen LogP contribution >= 0.6 is 11.6 Å². The topological polar surface area (TPSA) is 3.24 Å². The summed E-state index contributed by atoms with van der Waals surface area (Å²) < 4.78 is 0. The van der Waals surface area contributed by atoms with Crippen molar-refractivity contribution in [3.8, 4) is 0 Å². The fraction of sp³-hybridized carbons (Fsp3) is 1.00. The van der Waals surface area contributed by atoms with Gasteiger partial charge >= 0.3 is 0 Å². The maximum Gasteiger partial charge on any atom is 0.0489 e. The van der Waals surface area contributed by atoms with Gasteiger partial charge in [-0.2, -0.15) is 0 Å². The first-order chi connectivity index (χ1) is 6.63. The van der Waals surface area contributed by atoms with E-state index in [0.29, 0.717) is 11.3 Å². The standard InChI is InChI=1S/C12H24ClN/c1-4-5-10(2)8-14-7-6-11(3)12(13)9-14/h10-12H,4-9H2,1-3H3. The maximum atomic E-state index is 6.28. The Labute approximate surface area is 93.8 Å². The van der Waals surface area contributed by atoms with Crippen LogP contribution in [-0.2, 0) is 0 Å². The highest BCUT2D eigenvalue weighted by Crippen LogP contribution is 2.22. The predicted octanol–water partition coefficient (Wildman–Crippen LogP) is 3.37. The molecule has 3 atom stereocenters. The number of piperidine rings is 1. The molecule has 0 aromatic carbocycles. The van der Waals surface area contributed by atoms with E-state index in [1.54, 1.807) is 0 Å². The van der Waals surface area contributed by atoms with Crippen molar-refractivity contribution in [3.63, 3.8) is 0 Å². The van der Waals surface area contributed by atoms with Gasteiger partial charge in [0.2, 0.25) is 0 Å². The molecule has 0 saturated carbocycles. The smallest absolute Gasteiger partial charge is 0.0489 e. The molecule has 2 heteroatoms. The van der Waals surface area contributed by atoms with Gasteiger partial charge < -0.3 is 4.90 Å². The van der Waals surface area contributed by atoms with Gasteiger partial charge in [-0.1, -0.05) is 27.2 Å². The lowest BCUT2D eigenvalue weighted by Crippen LogP contribution is -2.42. The quantitative estimate of drug-likeness (QED) is 0.653. The number of alkyl halides is 1. The van der Waals surface area contributed by atoms with E-state index in [1.807, 2.05) is 0 Å². The van der Waals surface area contributed by atoms with E-state index in [2.05, 4.69) is 25.7 Å². The van der Waals surface area contributed by atoms with Crippen molar-refractivity contribution < 1.29 is 0 Å². The fourth-order valence-electron chi connectivity index (χ4n) is 2.28. The summed E-state index contributed by atoms with van der Waals surface area (Å²) in [7, 11) is 0. The average Bonchev–Trinajstić information content (AvgIpc) is 2.12. The molecule has 0 aliphatic carbocycles. The molecule has 1 heterocycles. The van der Waals surface area contributed by atoms with Gasteiger partial charge in [-0.05, 0) is 31.2 Å². The zero-order valence-electron chi connectivity index (χ0n) is 9.80. The molecule has 1 aliphatic rings. The predicted molar refractivity (Wildman–Crippen MR) is 63.9 cm³/mol. The monoisotopic (exact) mass is 217 g/mol. The second-order valence-corrected chi connectivity index (χ2v) is 5.50. The first-order valence-corrected chi connectivity index (χ1v) is 6.43. The van der Waals surface area contributed by atoms with Crippen LogP contribution in [0.3, 0.4) is 0 Å². The third kappa shape index (κ3) is 3.78. The lowest BCUT2D eigenvalue weighted by molar-refractivity contribution is 0.171. The van der Waals surface area contributed by atoms with Crippen molar-refractivity contribution in [1.82, 2.24) is 4.90 Å². The van der Waals surface area contributed by atoms with E-state index in [-0.39, 0.29) is 0 Å². The molecule has 1 aliphatic heterocycles. The summed E-state index contributed by atoms with van der Waals surface area (Å²) in [6.45, 7) is 10.5. The van der Waals surface area contributed by atoms with Crippen molar-refractivity contribution in [1.29, 1.82) is 0 Å². The molecular formula is C12H24ClN. The third-order valence-electron chi connectivity index (χ3n) is 3.30. The average molecular weight is 218 g/mol. The van der Waals surface area contributed by atoms with E-state index in [0.717, 1.165) is 12.5 Å². The van der Waals surface area contributed by atoms with Gasteiger partial charge in [-0.3, -0.25) is 0 Å². The third-order valence-corrected chi connectivity index (χ3v) is 3.87. The normalized spacial score (nSPS) is 31.7. The van der Waals surface area contributed by atoms with Gasteiger partial charge in [0.1, 0.15) is 0 Å². The van der Waals surface area contributed by atoms with Crippen LogP contribution in [0.25, 0.3) is 0 Å². The molecule has 3 unspecified atom stereocenters. The second kappa shape index (κ2) is 5.97. The molecular weight excluding hydrogens is 194 g/mol. The number of likely N-dealkylation sites (tertiary alicyclic amines) is 1. The van der Waals surface area contributed by atoms with Crippen molar-refractivity contribution in [3.05, 3.63) is 0 Å². The van der Waals surface area contributed by atoms with Crippen LogP contribution in [0.1, 0.15) is 40.0 Å². The molecule has 14 heavy (non-hydrogen) atoms. The Hall–Kier alpha value is 0.250. The van der Waals surface area contributed by atoms with Crippen LogP contribution in [0.2, 0.25) is 0 Å². The second-order valence-electron chi connectivity index (χ2n) is 4.94. The van der Waals surface area contributed by atoms with E-state index in [9.17, 15) is 0 Å². The first-order valence-electron chi connectivity index (χ1n) is 6.00. The molecule has 1 nitrogen and oxygen atoms in total. The van der Waals surface area contributed by atoms with E-state index >= 15 is 0 Å². The highest BCUT2D eigenvalue weighted by atomic mass is 35.5. The Bertz CT molecular complexity index is 160. The molecule has 1 fully saturated rings. The molecule has 0 radical (unpaired) electrons. The number of rotatable bonds is 4. The Balaban J connectivity index is 2.25. The van der Waals surface area contributed by atoms with Gasteiger partial charge in [-0.15, -0.1) is 11.6 Å². The van der Waals surface area contributed by atoms with Gasteiger partial charge in [0, 0.05) is 18.5 Å². The molecule has 0 N–H and O–H groups in total. The first kappa shape index (κ1) is 12.3. The zero-order valence-corrected chi connectivity index (χ0v) is 10.6. The van der Waals surface area contributed by atoms with Gasteiger partial charge in [0.25, 0.3) is 0 Å². The molecule has 1 rings (SSSR count). The number of nitrogens with zero attached hydrogens (tertiary/aromatic N) is 1. The molecule has 0 aromatic heterocycles. The van der Waals surface area contributed by atoms with Crippen molar-refractivity contribution in [2.75, 3.05) is 19.6 Å². The van der Waals surface area contributed by atoms with Gasteiger partial charge in [-0.25, -0.2) is 0 Å². The van der Waals surface area contributed by atoms with Crippen LogP contribution in [0.5, 0.6) is 0 Å². The minimum absolute atomic E-state index is 0.373. The molecule has 84 valence electrons. The van der Waals surface area contributed by atoms with Crippen LogP contribution in [0, 0.1) is 11.8 Å². The van der Waals surface area contributed by atoms with Gasteiger partial charge in [0.15, 0.2) is 0 Å². The van der Waals surface area contributed by atoms with E-state index in [4.69, 9.17) is 11.6 Å². The summed E-state index contributed by atoms with van der Waals surface area (Å²) >= 11 is 6.28. The highest BCUT2D eigenvalue weighted by Gasteiger charge is 2.24. The lowest BCUT2D eigenvalue weighted by atomic mass is 9.97. The summed E-state index contributed by atoms with van der Waals surface area (Å²) in [6, 6.07) is 0.